The lowest BCUT2D eigenvalue weighted by Gasteiger charge is -2.12. The number of benzene rings is 1. The second kappa shape index (κ2) is 5.40. The van der Waals surface area contributed by atoms with Crippen LogP contribution < -0.4 is 10.1 Å². The lowest BCUT2D eigenvalue weighted by atomic mass is 10.0. The van der Waals surface area contributed by atoms with E-state index in [1.54, 1.807) is 32.1 Å². The predicted molar refractivity (Wildman–Crippen MR) is 68.3 cm³/mol. The molecule has 1 N–H and O–H groups in total. The number of hydrogen-bond acceptors (Lipinski definition) is 3. The smallest absolute Gasteiger partial charge is 0.387 e. The highest BCUT2D eigenvalue weighted by atomic mass is 19.3. The Balaban J connectivity index is 2.33. The monoisotopic (exact) mass is 281 g/mol. The van der Waals surface area contributed by atoms with Crippen molar-refractivity contribution in [3.05, 3.63) is 34.4 Å². The van der Waals surface area contributed by atoms with Crippen LogP contribution in [0.15, 0.2) is 17.7 Å². The van der Waals surface area contributed by atoms with Crippen molar-refractivity contribution in [1.82, 2.24) is 5.32 Å². The Morgan fingerprint density at radius 2 is 1.85 bits per heavy atom. The van der Waals surface area contributed by atoms with Crippen LogP contribution in [0.3, 0.4) is 0 Å². The summed E-state index contributed by atoms with van der Waals surface area (Å²) in [6, 6.07) is 3.27. The number of halogens is 2. The molecule has 1 aromatic carbocycles. The van der Waals surface area contributed by atoms with E-state index in [1.807, 2.05) is 0 Å². The Morgan fingerprint density at radius 1 is 1.25 bits per heavy atom. The number of alkyl halides is 2. The first-order chi connectivity index (χ1) is 9.36. The normalized spacial score (nSPS) is 16.9. The molecule has 1 aliphatic rings. The van der Waals surface area contributed by atoms with E-state index in [0.717, 1.165) is 0 Å². The third kappa shape index (κ3) is 3.01. The van der Waals surface area contributed by atoms with Crippen molar-refractivity contribution >= 4 is 17.9 Å². The number of carbonyl (C=O) groups excluding carboxylic acids is 2. The molecule has 1 aliphatic heterocycles. The number of aryl methyl sites for hydroxylation is 2. The van der Waals surface area contributed by atoms with E-state index >= 15 is 0 Å². The summed E-state index contributed by atoms with van der Waals surface area (Å²) < 4.78 is 29.0. The van der Waals surface area contributed by atoms with Gasteiger partial charge < -0.3 is 4.74 Å². The lowest BCUT2D eigenvalue weighted by molar-refractivity contribution is -0.124. The van der Waals surface area contributed by atoms with Gasteiger partial charge in [-0.1, -0.05) is 0 Å². The number of nitrogens with one attached hydrogen (secondary N) is 1. The molecule has 1 fully saturated rings. The fraction of sp³-hybridized carbons (Fsp3) is 0.286. The Labute approximate surface area is 114 Å². The molecule has 1 saturated heterocycles. The molecule has 6 heteroatoms. The largest absolute Gasteiger partial charge is 0.434 e. The van der Waals surface area contributed by atoms with Gasteiger partial charge in [-0.3, -0.25) is 14.9 Å². The van der Waals surface area contributed by atoms with Crippen LogP contribution in [0.2, 0.25) is 0 Å². The summed E-state index contributed by atoms with van der Waals surface area (Å²) >= 11 is 0. The number of rotatable bonds is 3. The first-order valence-corrected chi connectivity index (χ1v) is 5.97. The van der Waals surface area contributed by atoms with Crippen molar-refractivity contribution < 1.29 is 23.1 Å². The van der Waals surface area contributed by atoms with Gasteiger partial charge in [-0.2, -0.15) is 8.78 Å². The van der Waals surface area contributed by atoms with Crippen molar-refractivity contribution in [3.63, 3.8) is 0 Å². The molecule has 0 aromatic heterocycles. The number of amides is 2. The average Bonchev–Trinajstić information content (AvgIpc) is 2.62. The van der Waals surface area contributed by atoms with E-state index in [-0.39, 0.29) is 18.1 Å². The maximum Gasteiger partial charge on any atom is 0.387 e. The van der Waals surface area contributed by atoms with Gasteiger partial charge in [0.2, 0.25) is 5.91 Å². The van der Waals surface area contributed by atoms with Gasteiger partial charge in [-0.15, -0.1) is 0 Å². The van der Waals surface area contributed by atoms with Crippen LogP contribution in [0.5, 0.6) is 5.75 Å². The zero-order valence-corrected chi connectivity index (χ0v) is 11.0. The van der Waals surface area contributed by atoms with E-state index in [4.69, 9.17) is 0 Å². The molecule has 4 nitrogen and oxygen atoms in total. The second-order valence-corrected chi connectivity index (χ2v) is 4.59. The minimum Gasteiger partial charge on any atom is -0.434 e. The van der Waals surface area contributed by atoms with Crippen molar-refractivity contribution in [1.29, 1.82) is 0 Å². The van der Waals surface area contributed by atoms with Crippen molar-refractivity contribution in [2.45, 2.75) is 26.9 Å². The summed E-state index contributed by atoms with van der Waals surface area (Å²) in [5.74, 6) is -0.625. The van der Waals surface area contributed by atoms with Gasteiger partial charge in [0.25, 0.3) is 5.91 Å². The van der Waals surface area contributed by atoms with Gasteiger partial charge in [0.1, 0.15) is 5.75 Å². The fourth-order valence-electron chi connectivity index (χ4n) is 2.16. The van der Waals surface area contributed by atoms with Crippen molar-refractivity contribution in [3.8, 4) is 5.75 Å². The van der Waals surface area contributed by atoms with E-state index < -0.39 is 12.5 Å². The Morgan fingerprint density at radius 3 is 2.30 bits per heavy atom. The molecule has 0 unspecified atom stereocenters. The highest BCUT2D eigenvalue weighted by Gasteiger charge is 2.23. The quantitative estimate of drug-likeness (QED) is 0.683. The summed E-state index contributed by atoms with van der Waals surface area (Å²) in [6.45, 7) is 0.411. The first-order valence-electron chi connectivity index (χ1n) is 5.97. The summed E-state index contributed by atoms with van der Waals surface area (Å²) in [5.41, 5.74) is 2.11. The molecule has 0 spiro atoms. The van der Waals surface area contributed by atoms with Gasteiger partial charge in [0.05, 0.1) is 6.42 Å². The Kier molecular flexibility index (Phi) is 3.83. The zero-order chi connectivity index (χ0) is 14.9. The summed E-state index contributed by atoms with van der Waals surface area (Å²) in [5, 5.41) is 2.18. The molecular weight excluding hydrogens is 268 g/mol. The third-order valence-electron chi connectivity index (χ3n) is 2.93. The third-order valence-corrected chi connectivity index (χ3v) is 2.93. The molecule has 0 aliphatic carbocycles. The van der Waals surface area contributed by atoms with Gasteiger partial charge in [0.15, 0.2) is 0 Å². The van der Waals surface area contributed by atoms with Crippen LogP contribution in [-0.4, -0.2) is 18.4 Å². The molecule has 106 valence electrons. The molecule has 2 amide bonds. The van der Waals surface area contributed by atoms with Crippen LogP contribution in [0.25, 0.3) is 6.08 Å². The zero-order valence-electron chi connectivity index (χ0n) is 11.0. The topological polar surface area (TPSA) is 55.4 Å². The fourth-order valence-corrected chi connectivity index (χ4v) is 2.16. The number of carbonyl (C=O) groups is 2. The highest BCUT2D eigenvalue weighted by Crippen LogP contribution is 2.28. The van der Waals surface area contributed by atoms with Crippen molar-refractivity contribution in [2.24, 2.45) is 0 Å². The van der Waals surface area contributed by atoms with Gasteiger partial charge in [-0.05, 0) is 48.7 Å². The van der Waals surface area contributed by atoms with Crippen LogP contribution >= 0.6 is 0 Å². The minimum absolute atomic E-state index is 0.0339. The maximum atomic E-state index is 12.3. The van der Waals surface area contributed by atoms with Gasteiger partial charge in [0, 0.05) is 5.57 Å². The van der Waals surface area contributed by atoms with Crippen LogP contribution in [0.4, 0.5) is 8.78 Å². The van der Waals surface area contributed by atoms with E-state index in [2.05, 4.69) is 10.1 Å². The van der Waals surface area contributed by atoms with E-state index in [1.165, 1.54) is 0 Å². The van der Waals surface area contributed by atoms with Gasteiger partial charge >= 0.3 is 6.61 Å². The number of hydrogen-bond donors (Lipinski definition) is 1. The molecule has 20 heavy (non-hydrogen) atoms. The number of imide groups is 1. The molecular formula is C14H13F2NO3. The van der Waals surface area contributed by atoms with Crippen LogP contribution in [0, 0.1) is 13.8 Å². The molecule has 2 rings (SSSR count). The molecule has 0 radical (unpaired) electrons. The summed E-state index contributed by atoms with van der Waals surface area (Å²) in [7, 11) is 0. The molecule has 1 aromatic rings. The van der Waals surface area contributed by atoms with E-state index in [9.17, 15) is 18.4 Å². The van der Waals surface area contributed by atoms with Gasteiger partial charge in [-0.25, -0.2) is 0 Å². The molecule has 0 saturated carbocycles. The Hall–Kier alpha value is -2.24. The van der Waals surface area contributed by atoms with Crippen LogP contribution in [-0.2, 0) is 9.59 Å². The second-order valence-electron chi connectivity index (χ2n) is 4.59. The summed E-state index contributed by atoms with van der Waals surface area (Å²) in [4.78, 5) is 22.5. The summed E-state index contributed by atoms with van der Waals surface area (Å²) in [6.07, 6.45) is 1.61. The predicted octanol–water partition coefficient (Wildman–Crippen LogP) is 2.33. The lowest BCUT2D eigenvalue weighted by Crippen LogP contribution is -2.19. The molecule has 1 heterocycles. The van der Waals surface area contributed by atoms with Crippen molar-refractivity contribution in [2.75, 3.05) is 0 Å². The van der Waals surface area contributed by atoms with E-state index in [0.29, 0.717) is 22.3 Å². The standard InChI is InChI=1S/C14H13F2NO3/c1-7-3-9(4-8(2)12(7)20-14(15)16)5-10-6-11(18)17-13(10)19/h3-5,14H,6H2,1-2H3,(H,17,18,19). The molecule has 0 bridgehead atoms. The maximum absolute atomic E-state index is 12.3. The first kappa shape index (κ1) is 14.2. The minimum atomic E-state index is -2.88. The molecule has 0 atom stereocenters. The number of ether oxygens (including phenoxy) is 1. The highest BCUT2D eigenvalue weighted by molar-refractivity contribution is 6.15. The SMILES string of the molecule is Cc1cc(C=C2CC(=O)NC2=O)cc(C)c1OC(F)F. The Bertz CT molecular complexity index is 585. The van der Waals surface area contributed by atoms with Crippen LogP contribution in [0.1, 0.15) is 23.1 Å². The average molecular weight is 281 g/mol.